The van der Waals surface area contributed by atoms with Crippen molar-refractivity contribution in [2.45, 2.75) is 19.8 Å². The van der Waals surface area contributed by atoms with E-state index in [1.165, 1.54) is 5.56 Å². The summed E-state index contributed by atoms with van der Waals surface area (Å²) in [5.41, 5.74) is 5.42. The normalized spacial score (nSPS) is 11.4. The topological polar surface area (TPSA) is 41.5 Å². The Morgan fingerprint density at radius 3 is 2.36 bits per heavy atom. The fourth-order valence-electron chi connectivity index (χ4n) is 1.94. The first-order valence-corrected chi connectivity index (χ1v) is 7.32. The van der Waals surface area contributed by atoms with E-state index in [1.54, 1.807) is 12.3 Å². The van der Waals surface area contributed by atoms with Crippen LogP contribution in [0.1, 0.15) is 41.3 Å². The molecule has 0 unspecified atom stereocenters. The van der Waals surface area contributed by atoms with Gasteiger partial charge in [-0.05, 0) is 35.3 Å². The van der Waals surface area contributed by atoms with Gasteiger partial charge in [0, 0.05) is 11.8 Å². The number of hydrazone groups is 1. The van der Waals surface area contributed by atoms with Gasteiger partial charge in [-0.3, -0.25) is 4.79 Å². The maximum Gasteiger partial charge on any atom is 0.271 e. The third-order valence-electron chi connectivity index (χ3n) is 3.25. The second-order valence-corrected chi connectivity index (χ2v) is 5.27. The first kappa shape index (κ1) is 15.7. The van der Waals surface area contributed by atoms with Gasteiger partial charge in [-0.25, -0.2) is 5.43 Å². The van der Waals surface area contributed by atoms with Gasteiger partial charge < -0.3 is 0 Å². The highest BCUT2D eigenvalue weighted by atomic mass is 16.2. The number of carbonyl (C=O) groups excluding carboxylic acids is 1. The van der Waals surface area contributed by atoms with Crippen LogP contribution < -0.4 is 5.43 Å². The molecule has 0 fully saturated rings. The number of carbonyl (C=O) groups is 1. The lowest BCUT2D eigenvalue weighted by Gasteiger charge is -2.05. The highest BCUT2D eigenvalue weighted by molar-refractivity contribution is 5.94. The molecule has 22 heavy (non-hydrogen) atoms. The zero-order valence-electron chi connectivity index (χ0n) is 12.9. The third kappa shape index (κ3) is 4.70. The standard InChI is InChI=1S/C19H20N2O/c1-15(2)17-10-12-18(13-11-17)19(22)21-20-14-6-9-16-7-4-3-5-8-16/h3-15H,1-2H3,(H,21,22)/b9-6+,20-14+. The molecule has 0 atom stereocenters. The van der Waals surface area contributed by atoms with Crippen LogP contribution >= 0.6 is 0 Å². The fraction of sp³-hybridized carbons (Fsp3) is 0.158. The van der Waals surface area contributed by atoms with Crippen LogP contribution in [0.15, 0.2) is 65.8 Å². The van der Waals surface area contributed by atoms with Gasteiger partial charge in [0.1, 0.15) is 0 Å². The highest BCUT2D eigenvalue weighted by Crippen LogP contribution is 2.14. The van der Waals surface area contributed by atoms with E-state index in [1.807, 2.05) is 60.7 Å². The lowest BCUT2D eigenvalue weighted by atomic mass is 10.0. The summed E-state index contributed by atoms with van der Waals surface area (Å²) >= 11 is 0. The summed E-state index contributed by atoms with van der Waals surface area (Å²) in [5.74, 6) is 0.248. The number of benzene rings is 2. The van der Waals surface area contributed by atoms with Crippen molar-refractivity contribution in [2.24, 2.45) is 5.10 Å². The van der Waals surface area contributed by atoms with Gasteiger partial charge in [0.25, 0.3) is 5.91 Å². The van der Waals surface area contributed by atoms with E-state index >= 15 is 0 Å². The van der Waals surface area contributed by atoms with Crippen molar-refractivity contribution in [1.82, 2.24) is 5.43 Å². The quantitative estimate of drug-likeness (QED) is 0.650. The zero-order valence-corrected chi connectivity index (χ0v) is 12.9. The summed E-state index contributed by atoms with van der Waals surface area (Å²) < 4.78 is 0. The van der Waals surface area contributed by atoms with Crippen molar-refractivity contribution in [3.63, 3.8) is 0 Å². The number of rotatable bonds is 5. The van der Waals surface area contributed by atoms with Crippen molar-refractivity contribution in [3.8, 4) is 0 Å². The van der Waals surface area contributed by atoms with Crippen LogP contribution in [0.2, 0.25) is 0 Å². The Balaban J connectivity index is 1.87. The molecule has 2 rings (SSSR count). The molecule has 2 aromatic carbocycles. The molecule has 0 saturated heterocycles. The number of allylic oxidation sites excluding steroid dienone is 1. The van der Waals surface area contributed by atoms with Crippen LogP contribution in [0.3, 0.4) is 0 Å². The molecule has 0 spiro atoms. The molecule has 3 nitrogen and oxygen atoms in total. The molecule has 0 radical (unpaired) electrons. The first-order valence-electron chi connectivity index (χ1n) is 7.32. The number of amides is 1. The second-order valence-electron chi connectivity index (χ2n) is 5.27. The molecular formula is C19H20N2O. The van der Waals surface area contributed by atoms with Gasteiger partial charge in [-0.2, -0.15) is 5.10 Å². The second kappa shape index (κ2) is 7.93. The Labute approximate surface area is 131 Å². The summed E-state index contributed by atoms with van der Waals surface area (Å²) in [6, 6.07) is 17.5. The molecule has 0 heterocycles. The van der Waals surface area contributed by atoms with E-state index in [4.69, 9.17) is 0 Å². The number of nitrogens with one attached hydrogen (secondary N) is 1. The van der Waals surface area contributed by atoms with Crippen LogP contribution in [0.5, 0.6) is 0 Å². The number of hydrogen-bond donors (Lipinski definition) is 1. The average Bonchev–Trinajstić information content (AvgIpc) is 2.55. The van der Waals surface area contributed by atoms with Crippen LogP contribution in [0, 0.1) is 0 Å². The van der Waals surface area contributed by atoms with Gasteiger partial charge >= 0.3 is 0 Å². The fourth-order valence-corrected chi connectivity index (χ4v) is 1.94. The average molecular weight is 292 g/mol. The summed E-state index contributed by atoms with van der Waals surface area (Å²) in [6.07, 6.45) is 5.28. The molecule has 1 amide bonds. The molecule has 0 aromatic heterocycles. The smallest absolute Gasteiger partial charge is 0.267 e. The predicted molar refractivity (Wildman–Crippen MR) is 92.0 cm³/mol. The van der Waals surface area contributed by atoms with E-state index in [-0.39, 0.29) is 5.91 Å². The lowest BCUT2D eigenvalue weighted by molar-refractivity contribution is 0.0955. The minimum Gasteiger partial charge on any atom is -0.267 e. The molecule has 112 valence electrons. The Hall–Kier alpha value is -2.68. The van der Waals surface area contributed by atoms with Gasteiger partial charge in [0.05, 0.1) is 0 Å². The van der Waals surface area contributed by atoms with E-state index in [0.29, 0.717) is 11.5 Å². The van der Waals surface area contributed by atoms with Gasteiger partial charge in [0.2, 0.25) is 0 Å². The maximum atomic E-state index is 11.9. The Morgan fingerprint density at radius 2 is 1.73 bits per heavy atom. The molecule has 0 aliphatic carbocycles. The largest absolute Gasteiger partial charge is 0.271 e. The predicted octanol–water partition coefficient (Wildman–Crippen LogP) is 4.24. The maximum absolute atomic E-state index is 11.9. The van der Waals surface area contributed by atoms with E-state index in [9.17, 15) is 4.79 Å². The van der Waals surface area contributed by atoms with E-state index < -0.39 is 0 Å². The molecule has 0 aliphatic rings. The van der Waals surface area contributed by atoms with Gasteiger partial charge in [0.15, 0.2) is 0 Å². The first-order chi connectivity index (χ1) is 10.7. The van der Waals surface area contributed by atoms with Crippen molar-refractivity contribution in [3.05, 3.63) is 77.4 Å². The van der Waals surface area contributed by atoms with Crippen molar-refractivity contribution in [1.29, 1.82) is 0 Å². The number of nitrogens with zero attached hydrogens (tertiary/aromatic N) is 1. The SMILES string of the molecule is CC(C)c1ccc(C(=O)N/N=C/C=C/c2ccccc2)cc1. The van der Waals surface area contributed by atoms with Crippen LogP contribution in [-0.4, -0.2) is 12.1 Å². The van der Waals surface area contributed by atoms with Crippen LogP contribution in [0.4, 0.5) is 0 Å². The molecule has 2 aromatic rings. The molecule has 1 N–H and O–H groups in total. The Morgan fingerprint density at radius 1 is 1.05 bits per heavy atom. The number of hydrogen-bond acceptors (Lipinski definition) is 2. The van der Waals surface area contributed by atoms with E-state index in [0.717, 1.165) is 5.56 Å². The molecule has 3 heteroatoms. The third-order valence-corrected chi connectivity index (χ3v) is 3.25. The lowest BCUT2D eigenvalue weighted by Crippen LogP contribution is -2.17. The zero-order chi connectivity index (χ0) is 15.8. The van der Waals surface area contributed by atoms with Crippen LogP contribution in [0.25, 0.3) is 6.08 Å². The minimum absolute atomic E-state index is 0.209. The molecular weight excluding hydrogens is 272 g/mol. The Bertz CT molecular complexity index is 656. The molecule has 0 saturated carbocycles. The summed E-state index contributed by atoms with van der Waals surface area (Å²) in [6.45, 7) is 4.25. The van der Waals surface area contributed by atoms with Crippen molar-refractivity contribution in [2.75, 3.05) is 0 Å². The summed E-state index contributed by atoms with van der Waals surface area (Å²) in [4.78, 5) is 11.9. The van der Waals surface area contributed by atoms with E-state index in [2.05, 4.69) is 24.4 Å². The highest BCUT2D eigenvalue weighted by Gasteiger charge is 2.04. The van der Waals surface area contributed by atoms with Crippen molar-refractivity contribution >= 4 is 18.2 Å². The van der Waals surface area contributed by atoms with Gasteiger partial charge in [-0.1, -0.05) is 62.4 Å². The summed E-state index contributed by atoms with van der Waals surface area (Å²) in [5, 5.41) is 3.91. The van der Waals surface area contributed by atoms with Crippen molar-refractivity contribution < 1.29 is 4.79 Å². The monoisotopic (exact) mass is 292 g/mol. The summed E-state index contributed by atoms with van der Waals surface area (Å²) in [7, 11) is 0. The minimum atomic E-state index is -0.209. The van der Waals surface area contributed by atoms with Crippen LogP contribution in [-0.2, 0) is 0 Å². The Kier molecular flexibility index (Phi) is 5.66. The molecule has 0 aliphatic heterocycles. The molecule has 0 bridgehead atoms. The van der Waals surface area contributed by atoms with Gasteiger partial charge in [-0.15, -0.1) is 0 Å².